The molecule has 0 saturated carbocycles. The molecule has 0 fully saturated rings. The molecule has 0 atom stereocenters. The number of aromatic amines is 1. The highest BCUT2D eigenvalue weighted by molar-refractivity contribution is 6.33. The maximum Gasteiger partial charge on any atom is 0.208 e. The van der Waals surface area contributed by atoms with E-state index in [0.29, 0.717) is 34.3 Å². The monoisotopic (exact) mass is 507 g/mol. The molecule has 4 heterocycles. The largest absolute Gasteiger partial charge is 0.308 e. The molecule has 0 aliphatic heterocycles. The van der Waals surface area contributed by atoms with E-state index in [-0.39, 0.29) is 0 Å². The van der Waals surface area contributed by atoms with Crippen molar-refractivity contribution in [2.24, 2.45) is 0 Å². The number of aryl methyl sites for hydroxylation is 3. The maximum absolute atomic E-state index is 6.54. The number of rotatable bonds is 5. The van der Waals surface area contributed by atoms with Crippen molar-refractivity contribution in [3.8, 4) is 29.4 Å². The van der Waals surface area contributed by atoms with Crippen LogP contribution in [0.1, 0.15) is 35.3 Å². The summed E-state index contributed by atoms with van der Waals surface area (Å²) < 4.78 is 3.90. The summed E-state index contributed by atoms with van der Waals surface area (Å²) in [5, 5.41) is 20.5. The minimum Gasteiger partial charge on any atom is -0.308 e. The number of aromatic nitrogens is 9. The Labute approximate surface area is 217 Å². The fraction of sp³-hybridized carbons (Fsp3) is 0.185. The smallest absolute Gasteiger partial charge is 0.208 e. The number of pyridine rings is 1. The standard InChI is InChI=1S/C27H22ClN9/c1-5-21-18-13-17(14-36-23(6-2)30-25-15(3)12-16(4)29-27(25)36)10-11-20(18)33-37(21)22-9-7-8-19(28)24(22)26-31-34-35-32-26/h1,7-13H,6,14H2,2-4H3,(H,31,32,34,35). The summed E-state index contributed by atoms with van der Waals surface area (Å²) in [4.78, 5) is 9.67. The highest BCUT2D eigenvalue weighted by Gasteiger charge is 2.20. The van der Waals surface area contributed by atoms with Gasteiger partial charge in [-0.05, 0) is 66.4 Å². The molecule has 0 saturated heterocycles. The van der Waals surface area contributed by atoms with Crippen molar-refractivity contribution in [2.45, 2.75) is 33.7 Å². The van der Waals surface area contributed by atoms with E-state index in [4.69, 9.17) is 33.1 Å². The lowest BCUT2D eigenvalue weighted by Gasteiger charge is -2.10. The predicted octanol–water partition coefficient (Wildman–Crippen LogP) is 4.81. The molecule has 0 aliphatic rings. The van der Waals surface area contributed by atoms with E-state index in [1.54, 1.807) is 10.7 Å². The fourth-order valence-electron chi connectivity index (χ4n) is 4.79. The third-order valence-corrected chi connectivity index (χ3v) is 6.73. The Morgan fingerprint density at radius 2 is 1.97 bits per heavy atom. The van der Waals surface area contributed by atoms with Crippen LogP contribution in [0.4, 0.5) is 0 Å². The summed E-state index contributed by atoms with van der Waals surface area (Å²) in [6.07, 6.45) is 6.83. The van der Waals surface area contributed by atoms with Crippen LogP contribution in [0.25, 0.3) is 39.1 Å². The molecule has 2 aromatic carbocycles. The topological polar surface area (TPSA) is 103 Å². The zero-order valence-corrected chi connectivity index (χ0v) is 21.2. The normalized spacial score (nSPS) is 11.4. The van der Waals surface area contributed by atoms with Gasteiger partial charge in [-0.15, -0.1) is 16.6 Å². The molecule has 4 aromatic heterocycles. The first-order chi connectivity index (χ1) is 18.0. The molecule has 37 heavy (non-hydrogen) atoms. The number of hydrogen-bond acceptors (Lipinski definition) is 6. The van der Waals surface area contributed by atoms with E-state index >= 15 is 0 Å². The molecule has 10 heteroatoms. The molecule has 1 N–H and O–H groups in total. The highest BCUT2D eigenvalue weighted by Crippen LogP contribution is 2.33. The van der Waals surface area contributed by atoms with Crippen LogP contribution in [0.3, 0.4) is 0 Å². The van der Waals surface area contributed by atoms with Gasteiger partial charge in [0.1, 0.15) is 17.0 Å². The van der Waals surface area contributed by atoms with Crippen molar-refractivity contribution < 1.29 is 0 Å². The van der Waals surface area contributed by atoms with Crippen LogP contribution in [0.15, 0.2) is 42.5 Å². The van der Waals surface area contributed by atoms with Gasteiger partial charge in [0.2, 0.25) is 5.82 Å². The summed E-state index contributed by atoms with van der Waals surface area (Å²) in [5.74, 6) is 4.18. The molecule has 0 radical (unpaired) electrons. The highest BCUT2D eigenvalue weighted by atomic mass is 35.5. The molecule has 9 nitrogen and oxygen atoms in total. The van der Waals surface area contributed by atoms with Gasteiger partial charge in [-0.25, -0.2) is 14.6 Å². The van der Waals surface area contributed by atoms with E-state index < -0.39 is 0 Å². The lowest BCUT2D eigenvalue weighted by atomic mass is 10.1. The molecule has 0 bridgehead atoms. The molecule has 0 amide bonds. The van der Waals surface area contributed by atoms with Crippen molar-refractivity contribution in [3.05, 3.63) is 75.8 Å². The SMILES string of the molecule is C#Cc1c2cc(Cn3c(CC)nc4c(C)cc(C)nc43)ccc2nn1-c1cccc(Cl)c1-c1nn[nH]n1. The lowest BCUT2D eigenvalue weighted by Crippen LogP contribution is -2.05. The van der Waals surface area contributed by atoms with Crippen molar-refractivity contribution in [2.75, 3.05) is 0 Å². The van der Waals surface area contributed by atoms with Crippen LogP contribution in [-0.2, 0) is 13.0 Å². The third kappa shape index (κ3) is 3.74. The maximum atomic E-state index is 6.54. The number of halogens is 1. The second-order valence-electron chi connectivity index (χ2n) is 8.85. The Kier molecular flexibility index (Phi) is 5.46. The molecule has 0 unspecified atom stereocenters. The molecule has 0 aliphatic carbocycles. The van der Waals surface area contributed by atoms with Gasteiger partial charge in [0.25, 0.3) is 0 Å². The van der Waals surface area contributed by atoms with Gasteiger partial charge in [-0.1, -0.05) is 30.7 Å². The van der Waals surface area contributed by atoms with Crippen molar-refractivity contribution in [1.82, 2.24) is 44.9 Å². The van der Waals surface area contributed by atoms with Crippen molar-refractivity contribution in [3.63, 3.8) is 0 Å². The Bertz CT molecular complexity index is 1840. The predicted molar refractivity (Wildman–Crippen MR) is 143 cm³/mol. The molecule has 6 aromatic rings. The Morgan fingerprint density at radius 3 is 2.73 bits per heavy atom. The first-order valence-corrected chi connectivity index (χ1v) is 12.2. The summed E-state index contributed by atoms with van der Waals surface area (Å²) in [5.41, 5.74) is 7.65. The van der Waals surface area contributed by atoms with E-state index in [1.807, 2.05) is 25.1 Å². The number of imidazole rings is 1. The average molecular weight is 508 g/mol. The summed E-state index contributed by atoms with van der Waals surface area (Å²) in [6, 6.07) is 13.7. The Balaban J connectivity index is 1.49. The first kappa shape index (κ1) is 22.9. The minimum absolute atomic E-state index is 0.362. The number of fused-ring (bicyclic) bond motifs is 2. The Morgan fingerprint density at radius 1 is 1.11 bits per heavy atom. The Hall–Kier alpha value is -4.55. The van der Waals surface area contributed by atoms with E-state index in [2.05, 4.69) is 63.2 Å². The van der Waals surface area contributed by atoms with Crippen LogP contribution in [0.2, 0.25) is 5.02 Å². The van der Waals surface area contributed by atoms with Crippen molar-refractivity contribution >= 4 is 33.7 Å². The summed E-state index contributed by atoms with van der Waals surface area (Å²) in [6.45, 7) is 6.81. The first-order valence-electron chi connectivity index (χ1n) is 11.8. The number of terminal acetylenes is 1. The molecular formula is C27H22ClN9. The van der Waals surface area contributed by atoms with Crippen LogP contribution in [0.5, 0.6) is 0 Å². The van der Waals surface area contributed by atoms with Gasteiger partial charge in [-0.2, -0.15) is 10.3 Å². The fourth-order valence-corrected chi connectivity index (χ4v) is 5.04. The van der Waals surface area contributed by atoms with Gasteiger partial charge >= 0.3 is 0 Å². The zero-order valence-electron chi connectivity index (χ0n) is 20.5. The molecule has 6 rings (SSSR count). The van der Waals surface area contributed by atoms with Gasteiger partial charge in [0.05, 0.1) is 28.3 Å². The van der Waals surface area contributed by atoms with Crippen LogP contribution in [-0.4, -0.2) is 44.9 Å². The van der Waals surface area contributed by atoms with Crippen LogP contribution >= 0.6 is 11.6 Å². The third-order valence-electron chi connectivity index (χ3n) is 6.42. The number of nitrogens with one attached hydrogen (secondary N) is 1. The number of tetrazole rings is 1. The average Bonchev–Trinajstić information content (AvgIpc) is 3.61. The number of benzene rings is 2. The second-order valence-corrected chi connectivity index (χ2v) is 9.25. The van der Waals surface area contributed by atoms with Gasteiger partial charge in [0.15, 0.2) is 5.65 Å². The molecule has 0 spiro atoms. The van der Waals surface area contributed by atoms with Gasteiger partial charge in [0, 0.05) is 17.5 Å². The van der Waals surface area contributed by atoms with Gasteiger partial charge in [-0.3, -0.25) is 0 Å². The number of hydrogen-bond donors (Lipinski definition) is 1. The van der Waals surface area contributed by atoms with E-state index in [1.165, 1.54) is 0 Å². The summed E-state index contributed by atoms with van der Waals surface area (Å²) in [7, 11) is 0. The molecular weight excluding hydrogens is 486 g/mol. The van der Waals surface area contributed by atoms with E-state index in [0.717, 1.165) is 51.1 Å². The lowest BCUT2D eigenvalue weighted by molar-refractivity contribution is 0.746. The molecule has 182 valence electrons. The van der Waals surface area contributed by atoms with Crippen LogP contribution in [0, 0.1) is 26.2 Å². The number of H-pyrrole nitrogens is 1. The second kappa shape index (κ2) is 8.84. The number of nitrogens with zero attached hydrogens (tertiary/aromatic N) is 8. The minimum atomic E-state index is 0.362. The van der Waals surface area contributed by atoms with Crippen LogP contribution < -0.4 is 0 Å². The zero-order chi connectivity index (χ0) is 25.7. The van der Waals surface area contributed by atoms with Gasteiger partial charge < -0.3 is 4.57 Å². The van der Waals surface area contributed by atoms with Crippen molar-refractivity contribution in [1.29, 1.82) is 0 Å². The summed E-state index contributed by atoms with van der Waals surface area (Å²) >= 11 is 6.54. The quantitative estimate of drug-likeness (QED) is 0.336. The van der Waals surface area contributed by atoms with E-state index in [9.17, 15) is 0 Å².